The zero-order chi connectivity index (χ0) is 14.2. The zero-order valence-corrected chi connectivity index (χ0v) is 13.0. The fraction of sp³-hybridized carbons (Fsp3) is 0.933. The molecule has 2 rings (SSSR count). The summed E-state index contributed by atoms with van der Waals surface area (Å²) in [7, 11) is 3.63. The van der Waals surface area contributed by atoms with Gasteiger partial charge < -0.3 is 20.3 Å². The third-order valence-corrected chi connectivity index (χ3v) is 4.36. The maximum Gasteiger partial charge on any atom is 0.190 e. The Balaban J connectivity index is 1.57. The van der Waals surface area contributed by atoms with E-state index in [1.807, 2.05) is 7.05 Å². The molecule has 20 heavy (non-hydrogen) atoms. The maximum absolute atomic E-state index is 5.14. The van der Waals surface area contributed by atoms with Crippen LogP contribution in [0.25, 0.3) is 0 Å². The molecule has 0 aromatic carbocycles. The normalized spacial score (nSPS) is 22.0. The van der Waals surface area contributed by atoms with Gasteiger partial charge in [0.05, 0.1) is 6.61 Å². The lowest BCUT2D eigenvalue weighted by Crippen LogP contribution is -2.43. The number of aliphatic imine (C=N–C) groups is 1. The van der Waals surface area contributed by atoms with Crippen molar-refractivity contribution in [1.29, 1.82) is 0 Å². The van der Waals surface area contributed by atoms with Crippen LogP contribution in [0.2, 0.25) is 0 Å². The van der Waals surface area contributed by atoms with Crippen molar-refractivity contribution in [3.8, 4) is 0 Å². The van der Waals surface area contributed by atoms with Crippen LogP contribution >= 0.6 is 0 Å². The standard InChI is InChI=1S/C15H30N4O/c1-16-15(17-11-13-3-4-13)18-12-14-5-7-19(8-6-14)9-10-20-2/h13-14H,3-12H2,1-2H3,(H2,16,17,18). The van der Waals surface area contributed by atoms with Crippen molar-refractivity contribution in [2.24, 2.45) is 16.8 Å². The lowest BCUT2D eigenvalue weighted by Gasteiger charge is -2.32. The summed E-state index contributed by atoms with van der Waals surface area (Å²) >= 11 is 0. The van der Waals surface area contributed by atoms with Crippen LogP contribution in [0, 0.1) is 11.8 Å². The van der Waals surface area contributed by atoms with E-state index in [4.69, 9.17) is 4.74 Å². The summed E-state index contributed by atoms with van der Waals surface area (Å²) in [6, 6.07) is 0. The Morgan fingerprint density at radius 3 is 2.20 bits per heavy atom. The van der Waals surface area contributed by atoms with Crippen LogP contribution in [-0.4, -0.2) is 64.3 Å². The molecule has 2 fully saturated rings. The third kappa shape index (κ3) is 5.67. The fourth-order valence-electron chi connectivity index (χ4n) is 2.66. The van der Waals surface area contributed by atoms with Crippen molar-refractivity contribution in [1.82, 2.24) is 15.5 Å². The summed E-state index contributed by atoms with van der Waals surface area (Å²) in [6.07, 6.45) is 5.31. The van der Waals surface area contributed by atoms with Crippen LogP contribution in [0.5, 0.6) is 0 Å². The molecule has 0 spiro atoms. The van der Waals surface area contributed by atoms with Crippen LogP contribution < -0.4 is 10.6 Å². The van der Waals surface area contributed by atoms with Crippen molar-refractivity contribution in [2.45, 2.75) is 25.7 Å². The number of likely N-dealkylation sites (tertiary alicyclic amines) is 1. The Bertz CT molecular complexity index is 296. The van der Waals surface area contributed by atoms with E-state index < -0.39 is 0 Å². The molecule has 0 atom stereocenters. The van der Waals surface area contributed by atoms with Crippen LogP contribution in [-0.2, 0) is 4.74 Å². The molecular weight excluding hydrogens is 252 g/mol. The zero-order valence-electron chi connectivity index (χ0n) is 13.0. The lowest BCUT2D eigenvalue weighted by atomic mass is 9.97. The molecule has 116 valence electrons. The molecule has 1 aliphatic carbocycles. The van der Waals surface area contributed by atoms with Crippen LogP contribution in [0.15, 0.2) is 4.99 Å². The summed E-state index contributed by atoms with van der Waals surface area (Å²) in [5.74, 6) is 2.63. The molecule has 1 aliphatic heterocycles. The van der Waals surface area contributed by atoms with E-state index in [1.54, 1.807) is 7.11 Å². The van der Waals surface area contributed by atoms with Crippen molar-refractivity contribution in [3.63, 3.8) is 0 Å². The quantitative estimate of drug-likeness (QED) is 0.538. The number of nitrogens with one attached hydrogen (secondary N) is 2. The maximum atomic E-state index is 5.14. The average Bonchev–Trinajstić information content (AvgIpc) is 3.30. The Hall–Kier alpha value is -0.810. The van der Waals surface area contributed by atoms with Gasteiger partial charge in [0, 0.05) is 33.8 Å². The summed E-state index contributed by atoms with van der Waals surface area (Å²) in [5, 5.41) is 6.90. The van der Waals surface area contributed by atoms with E-state index in [1.165, 1.54) is 38.8 Å². The van der Waals surface area contributed by atoms with Gasteiger partial charge in [0.2, 0.25) is 0 Å². The molecule has 0 aromatic rings. The largest absolute Gasteiger partial charge is 0.383 e. The number of methoxy groups -OCH3 is 1. The Kier molecular flexibility index (Phi) is 6.60. The third-order valence-electron chi connectivity index (χ3n) is 4.36. The van der Waals surface area contributed by atoms with E-state index >= 15 is 0 Å². The van der Waals surface area contributed by atoms with Gasteiger partial charge in [-0.3, -0.25) is 4.99 Å². The Labute approximate surface area is 123 Å². The highest BCUT2D eigenvalue weighted by Gasteiger charge is 2.22. The van der Waals surface area contributed by atoms with Gasteiger partial charge in [-0.15, -0.1) is 0 Å². The SMILES string of the molecule is CN=C(NCC1CC1)NCC1CCN(CCOC)CC1. The van der Waals surface area contributed by atoms with Crippen LogP contribution in [0.3, 0.4) is 0 Å². The number of ether oxygens (including phenoxy) is 1. The minimum absolute atomic E-state index is 0.772. The topological polar surface area (TPSA) is 48.9 Å². The van der Waals surface area contributed by atoms with Crippen molar-refractivity contribution in [3.05, 3.63) is 0 Å². The molecule has 5 heteroatoms. The van der Waals surface area contributed by atoms with Crippen LogP contribution in [0.4, 0.5) is 0 Å². The van der Waals surface area contributed by atoms with E-state index in [2.05, 4.69) is 20.5 Å². The minimum atomic E-state index is 0.772. The van der Waals surface area contributed by atoms with Gasteiger partial charge in [-0.2, -0.15) is 0 Å². The highest BCUT2D eigenvalue weighted by molar-refractivity contribution is 5.79. The van der Waals surface area contributed by atoms with Gasteiger partial charge in [-0.05, 0) is 50.6 Å². The molecule has 1 heterocycles. The van der Waals surface area contributed by atoms with Gasteiger partial charge in [0.15, 0.2) is 5.96 Å². The highest BCUT2D eigenvalue weighted by Crippen LogP contribution is 2.27. The predicted molar refractivity (Wildman–Crippen MR) is 83.1 cm³/mol. The van der Waals surface area contributed by atoms with Crippen LogP contribution in [0.1, 0.15) is 25.7 Å². The monoisotopic (exact) mass is 282 g/mol. The van der Waals surface area contributed by atoms with E-state index in [-0.39, 0.29) is 0 Å². The highest BCUT2D eigenvalue weighted by atomic mass is 16.5. The molecule has 2 N–H and O–H groups in total. The molecule has 1 saturated heterocycles. The van der Waals surface area contributed by atoms with Gasteiger partial charge >= 0.3 is 0 Å². The van der Waals surface area contributed by atoms with E-state index in [0.717, 1.165) is 44.0 Å². The van der Waals surface area contributed by atoms with E-state index in [0.29, 0.717) is 0 Å². The molecular formula is C15H30N4O. The second kappa shape index (κ2) is 8.47. The molecule has 0 amide bonds. The smallest absolute Gasteiger partial charge is 0.190 e. The van der Waals surface area contributed by atoms with Gasteiger partial charge in [-0.25, -0.2) is 0 Å². The summed E-state index contributed by atoms with van der Waals surface area (Å²) < 4.78 is 5.14. The first-order valence-corrected chi connectivity index (χ1v) is 7.97. The molecule has 0 aromatic heterocycles. The first-order chi connectivity index (χ1) is 9.81. The summed E-state index contributed by atoms with van der Waals surface area (Å²) in [4.78, 5) is 6.80. The second-order valence-electron chi connectivity index (χ2n) is 6.06. The predicted octanol–water partition coefficient (Wildman–Crippen LogP) is 0.920. The fourth-order valence-corrected chi connectivity index (χ4v) is 2.66. The number of guanidine groups is 1. The summed E-state index contributed by atoms with van der Waals surface area (Å²) in [6.45, 7) is 6.44. The van der Waals surface area contributed by atoms with E-state index in [9.17, 15) is 0 Å². The van der Waals surface area contributed by atoms with Gasteiger partial charge in [0.25, 0.3) is 0 Å². The van der Waals surface area contributed by atoms with Crippen molar-refractivity contribution < 1.29 is 4.74 Å². The number of rotatable bonds is 7. The first-order valence-electron chi connectivity index (χ1n) is 7.97. The van der Waals surface area contributed by atoms with Crippen molar-refractivity contribution >= 4 is 5.96 Å². The molecule has 0 bridgehead atoms. The van der Waals surface area contributed by atoms with Crippen molar-refractivity contribution in [2.75, 3.05) is 53.5 Å². The summed E-state index contributed by atoms with van der Waals surface area (Å²) in [5.41, 5.74) is 0. The minimum Gasteiger partial charge on any atom is -0.383 e. The second-order valence-corrected chi connectivity index (χ2v) is 6.06. The average molecular weight is 282 g/mol. The molecule has 2 aliphatic rings. The Morgan fingerprint density at radius 2 is 1.70 bits per heavy atom. The van der Waals surface area contributed by atoms with Gasteiger partial charge in [0.1, 0.15) is 0 Å². The number of nitrogens with zero attached hydrogens (tertiary/aromatic N) is 2. The molecule has 5 nitrogen and oxygen atoms in total. The van der Waals surface area contributed by atoms with Gasteiger partial charge in [-0.1, -0.05) is 0 Å². The first kappa shape index (κ1) is 15.6. The number of hydrogen-bond donors (Lipinski definition) is 2. The molecule has 1 saturated carbocycles. The number of hydrogen-bond acceptors (Lipinski definition) is 3. The lowest BCUT2D eigenvalue weighted by molar-refractivity contribution is 0.121. The molecule has 0 radical (unpaired) electrons. The number of piperidine rings is 1. The molecule has 0 unspecified atom stereocenters. The Morgan fingerprint density at radius 1 is 1.10 bits per heavy atom.